The minimum atomic E-state index is -0.914. The lowest BCUT2D eigenvalue weighted by molar-refractivity contribution is -0.147. The summed E-state index contributed by atoms with van der Waals surface area (Å²) in [5.41, 5.74) is 0.963. The summed E-state index contributed by atoms with van der Waals surface area (Å²) >= 11 is 3.42. The second-order valence-electron chi connectivity index (χ2n) is 5.39. The van der Waals surface area contributed by atoms with Crippen molar-refractivity contribution in [2.45, 2.75) is 25.4 Å². The Bertz CT molecular complexity index is 578. The number of aryl methyl sites for hydroxylation is 1. The maximum atomic E-state index is 12.4. The summed E-state index contributed by atoms with van der Waals surface area (Å²) in [6, 6.07) is 5.70. The van der Waals surface area contributed by atoms with E-state index in [0.29, 0.717) is 32.5 Å². The van der Waals surface area contributed by atoms with E-state index in [2.05, 4.69) is 15.9 Å². The Morgan fingerprint density at radius 2 is 2.26 bits per heavy atom. The second-order valence-corrected chi connectivity index (χ2v) is 6.30. The summed E-state index contributed by atoms with van der Waals surface area (Å²) in [5.74, 6) is -0.152. The largest absolute Gasteiger partial charge is 0.496 e. The van der Waals surface area contributed by atoms with E-state index in [0.717, 1.165) is 15.8 Å². The van der Waals surface area contributed by atoms with Gasteiger partial charge in [-0.15, -0.1) is 0 Å². The van der Waals surface area contributed by atoms with Gasteiger partial charge in [-0.05, 0) is 30.2 Å². The molecule has 6 nitrogen and oxygen atoms in total. The molecule has 0 bridgehead atoms. The Balaban J connectivity index is 1.91. The van der Waals surface area contributed by atoms with Crippen molar-refractivity contribution in [3.8, 4) is 5.75 Å². The number of hydrogen-bond donors (Lipinski definition) is 1. The highest BCUT2D eigenvalue weighted by atomic mass is 79.9. The first-order valence-corrected chi connectivity index (χ1v) is 8.22. The normalized spacial score (nSPS) is 17.8. The second kappa shape index (κ2) is 8.31. The van der Waals surface area contributed by atoms with Crippen LogP contribution in [0.5, 0.6) is 5.75 Å². The molecule has 2 rings (SSSR count). The molecule has 1 saturated heterocycles. The van der Waals surface area contributed by atoms with Crippen molar-refractivity contribution in [2.75, 3.05) is 26.8 Å². The van der Waals surface area contributed by atoms with Gasteiger partial charge >= 0.3 is 5.97 Å². The Kier molecular flexibility index (Phi) is 6.41. The number of amides is 1. The zero-order chi connectivity index (χ0) is 16.8. The molecule has 1 aromatic carbocycles. The third-order valence-corrected chi connectivity index (χ3v) is 4.24. The summed E-state index contributed by atoms with van der Waals surface area (Å²) < 4.78 is 11.6. The van der Waals surface area contributed by atoms with Crippen molar-refractivity contribution in [3.63, 3.8) is 0 Å². The number of nitrogens with zero attached hydrogens (tertiary/aromatic N) is 1. The van der Waals surface area contributed by atoms with Crippen LogP contribution in [-0.4, -0.2) is 54.8 Å². The first kappa shape index (κ1) is 17.7. The number of hydrogen-bond acceptors (Lipinski definition) is 4. The number of ether oxygens (including phenoxy) is 2. The van der Waals surface area contributed by atoms with E-state index < -0.39 is 12.1 Å². The van der Waals surface area contributed by atoms with E-state index >= 15 is 0 Å². The maximum Gasteiger partial charge on any atom is 0.306 e. The number of rotatable bonds is 6. The third kappa shape index (κ3) is 5.21. The summed E-state index contributed by atoms with van der Waals surface area (Å²) in [6.45, 7) is 1.22. The molecule has 0 radical (unpaired) electrons. The highest BCUT2D eigenvalue weighted by molar-refractivity contribution is 9.10. The summed E-state index contributed by atoms with van der Waals surface area (Å²) in [7, 11) is 1.60. The number of methoxy groups -OCH3 is 1. The minimum absolute atomic E-state index is 0.00529. The average Bonchev–Trinajstić information content (AvgIpc) is 2.52. The van der Waals surface area contributed by atoms with Crippen LogP contribution in [0.15, 0.2) is 22.7 Å². The fourth-order valence-corrected chi connectivity index (χ4v) is 3.01. The number of carbonyl (C=O) groups is 2. The molecule has 0 aliphatic carbocycles. The first-order chi connectivity index (χ1) is 11.0. The van der Waals surface area contributed by atoms with Gasteiger partial charge < -0.3 is 19.5 Å². The molecule has 1 amide bonds. The van der Waals surface area contributed by atoms with Crippen LogP contribution < -0.4 is 4.74 Å². The fraction of sp³-hybridized carbons (Fsp3) is 0.500. The van der Waals surface area contributed by atoms with Gasteiger partial charge in [0, 0.05) is 24.0 Å². The Hall–Kier alpha value is -1.60. The smallest absolute Gasteiger partial charge is 0.306 e. The number of carbonyl (C=O) groups excluding carboxylic acids is 1. The van der Waals surface area contributed by atoms with Gasteiger partial charge in [0.15, 0.2) is 0 Å². The molecule has 0 saturated carbocycles. The Morgan fingerprint density at radius 3 is 2.96 bits per heavy atom. The molecule has 0 unspecified atom stereocenters. The van der Waals surface area contributed by atoms with Crippen molar-refractivity contribution < 1.29 is 24.2 Å². The van der Waals surface area contributed by atoms with Gasteiger partial charge in [-0.3, -0.25) is 9.59 Å². The van der Waals surface area contributed by atoms with Gasteiger partial charge in [0.05, 0.1) is 26.2 Å². The lowest BCUT2D eigenvalue weighted by Crippen LogP contribution is -2.46. The van der Waals surface area contributed by atoms with Crippen LogP contribution >= 0.6 is 15.9 Å². The summed E-state index contributed by atoms with van der Waals surface area (Å²) in [6.07, 6.45) is 0.420. The van der Waals surface area contributed by atoms with Crippen LogP contribution in [0.1, 0.15) is 18.4 Å². The van der Waals surface area contributed by atoms with Gasteiger partial charge in [-0.2, -0.15) is 0 Å². The van der Waals surface area contributed by atoms with Crippen LogP contribution in [-0.2, 0) is 20.7 Å². The van der Waals surface area contributed by atoms with E-state index in [4.69, 9.17) is 14.6 Å². The molecule has 1 aliphatic rings. The van der Waals surface area contributed by atoms with Crippen LogP contribution in [0.2, 0.25) is 0 Å². The highest BCUT2D eigenvalue weighted by Gasteiger charge is 2.25. The number of benzene rings is 1. The van der Waals surface area contributed by atoms with Gasteiger partial charge in [0.1, 0.15) is 5.75 Å². The SMILES string of the molecule is COc1ccc(Br)cc1CCC(=O)N1CCO[C@H](CC(=O)O)C1. The van der Waals surface area contributed by atoms with Crippen LogP contribution in [0, 0.1) is 0 Å². The number of carboxylic acids is 1. The quantitative estimate of drug-likeness (QED) is 0.811. The monoisotopic (exact) mass is 385 g/mol. The number of aliphatic carboxylic acids is 1. The zero-order valence-electron chi connectivity index (χ0n) is 13.0. The predicted molar refractivity (Wildman–Crippen MR) is 87.6 cm³/mol. The van der Waals surface area contributed by atoms with Gasteiger partial charge in [0.25, 0.3) is 0 Å². The zero-order valence-corrected chi connectivity index (χ0v) is 14.5. The van der Waals surface area contributed by atoms with Crippen molar-refractivity contribution in [2.24, 2.45) is 0 Å². The van der Waals surface area contributed by atoms with E-state index in [1.54, 1.807) is 12.0 Å². The molecule has 1 fully saturated rings. The average molecular weight is 386 g/mol. The van der Waals surface area contributed by atoms with Crippen molar-refractivity contribution >= 4 is 27.8 Å². The van der Waals surface area contributed by atoms with E-state index in [9.17, 15) is 9.59 Å². The molecule has 126 valence electrons. The number of morpholine rings is 1. The molecular weight excluding hydrogens is 366 g/mol. The lowest BCUT2D eigenvalue weighted by Gasteiger charge is -2.32. The topological polar surface area (TPSA) is 76.1 Å². The fourth-order valence-electron chi connectivity index (χ4n) is 2.61. The molecule has 1 heterocycles. The highest BCUT2D eigenvalue weighted by Crippen LogP contribution is 2.24. The molecule has 7 heteroatoms. The summed E-state index contributed by atoms with van der Waals surface area (Å²) in [4.78, 5) is 24.8. The molecule has 0 spiro atoms. The van der Waals surface area contributed by atoms with E-state index in [-0.39, 0.29) is 12.3 Å². The minimum Gasteiger partial charge on any atom is -0.496 e. The number of halogens is 1. The molecular formula is C16H20BrNO5. The van der Waals surface area contributed by atoms with Gasteiger partial charge in [-0.25, -0.2) is 0 Å². The van der Waals surface area contributed by atoms with Crippen molar-refractivity contribution in [3.05, 3.63) is 28.2 Å². The Labute approximate surface area is 143 Å². The third-order valence-electron chi connectivity index (χ3n) is 3.74. The van der Waals surface area contributed by atoms with Crippen LogP contribution in [0.25, 0.3) is 0 Å². The van der Waals surface area contributed by atoms with Gasteiger partial charge in [0.2, 0.25) is 5.91 Å². The van der Waals surface area contributed by atoms with Crippen molar-refractivity contribution in [1.29, 1.82) is 0 Å². The van der Waals surface area contributed by atoms with Gasteiger partial charge in [-0.1, -0.05) is 15.9 Å². The molecule has 1 aliphatic heterocycles. The first-order valence-electron chi connectivity index (χ1n) is 7.43. The molecule has 1 N–H and O–H groups in total. The Morgan fingerprint density at radius 1 is 1.48 bits per heavy atom. The lowest BCUT2D eigenvalue weighted by atomic mass is 10.1. The summed E-state index contributed by atoms with van der Waals surface area (Å²) in [5, 5.41) is 8.82. The molecule has 1 atom stereocenters. The van der Waals surface area contributed by atoms with Crippen LogP contribution in [0.4, 0.5) is 0 Å². The molecule has 23 heavy (non-hydrogen) atoms. The molecule has 1 aromatic rings. The van der Waals surface area contributed by atoms with E-state index in [1.807, 2.05) is 18.2 Å². The molecule has 0 aromatic heterocycles. The van der Waals surface area contributed by atoms with Crippen molar-refractivity contribution in [1.82, 2.24) is 4.90 Å². The number of carboxylic acid groups (broad SMARTS) is 1. The maximum absolute atomic E-state index is 12.4. The van der Waals surface area contributed by atoms with E-state index in [1.165, 1.54) is 0 Å². The predicted octanol–water partition coefficient (Wildman–Crippen LogP) is 2.09. The standard InChI is InChI=1S/C16H20BrNO5/c1-22-14-4-3-12(17)8-11(14)2-5-15(19)18-6-7-23-13(10-18)9-16(20)21/h3-4,8,13H,2,5-7,9-10H2,1H3,(H,20,21)/t13-/m1/s1. The van der Waals surface area contributed by atoms with Crippen LogP contribution in [0.3, 0.4) is 0 Å².